The predicted octanol–water partition coefficient (Wildman–Crippen LogP) is 5.08. The molecule has 2 heterocycles. The molecule has 0 aromatic heterocycles. The lowest BCUT2D eigenvalue weighted by Crippen LogP contribution is -2.42. The number of ether oxygens (including phenoxy) is 1. The number of likely N-dealkylation sites (tertiary alicyclic amines) is 2. The molecule has 2 N–H and O–H groups in total. The van der Waals surface area contributed by atoms with Gasteiger partial charge in [-0.25, -0.2) is 0 Å². The van der Waals surface area contributed by atoms with Gasteiger partial charge in [0.2, 0.25) is 0 Å². The van der Waals surface area contributed by atoms with Gasteiger partial charge in [-0.05, 0) is 72.2 Å². The van der Waals surface area contributed by atoms with Crippen LogP contribution in [0.15, 0.2) is 24.3 Å². The Bertz CT molecular complexity index is 1060. The number of hydrogen-bond acceptors (Lipinski definition) is 5. The third-order valence-electron chi connectivity index (χ3n) is 8.15. The van der Waals surface area contributed by atoms with E-state index in [1.54, 1.807) is 12.1 Å². The van der Waals surface area contributed by atoms with Crippen molar-refractivity contribution in [2.45, 2.75) is 62.2 Å². The SMILES string of the molecule is O[C@@H]1CCN([C@H]2Cc3c(Cl)cc(Cl)cc3[C@@H]2O[C@H]2c3cc(Cl)cc(Cl)c3C[C@@H]2N2CC[C@@H](O)C2)C1. The van der Waals surface area contributed by atoms with Crippen LogP contribution in [0, 0.1) is 0 Å². The van der Waals surface area contributed by atoms with E-state index in [9.17, 15) is 10.2 Å². The van der Waals surface area contributed by atoms with Crippen LogP contribution >= 0.6 is 46.4 Å². The number of aliphatic hydroxyl groups excluding tert-OH is 2. The Labute approximate surface area is 225 Å². The van der Waals surface area contributed by atoms with E-state index < -0.39 is 0 Å². The molecule has 6 atom stereocenters. The highest BCUT2D eigenvalue weighted by molar-refractivity contribution is 6.35. The van der Waals surface area contributed by atoms with E-state index in [-0.39, 0.29) is 36.5 Å². The summed E-state index contributed by atoms with van der Waals surface area (Å²) in [6.45, 7) is 2.85. The van der Waals surface area contributed by atoms with Gasteiger partial charge in [0, 0.05) is 58.4 Å². The molecule has 0 bridgehead atoms. The van der Waals surface area contributed by atoms with Crippen molar-refractivity contribution in [3.63, 3.8) is 0 Å². The summed E-state index contributed by atoms with van der Waals surface area (Å²) in [5.41, 5.74) is 4.14. The van der Waals surface area contributed by atoms with Crippen LogP contribution in [0.3, 0.4) is 0 Å². The van der Waals surface area contributed by atoms with E-state index in [4.69, 9.17) is 51.1 Å². The van der Waals surface area contributed by atoms with Crippen molar-refractivity contribution in [3.05, 3.63) is 66.6 Å². The van der Waals surface area contributed by atoms with Crippen LogP contribution in [0.25, 0.3) is 0 Å². The maximum Gasteiger partial charge on any atom is 0.0996 e. The van der Waals surface area contributed by atoms with E-state index in [1.807, 2.05) is 12.1 Å². The van der Waals surface area contributed by atoms with Crippen LogP contribution in [-0.2, 0) is 17.6 Å². The standard InChI is InChI=1S/C26H28Cl4N2O3/c27-13-5-19-17(21(29)7-13)9-23(31-3-1-15(33)11-31)25(19)35-26-20-6-14(28)8-22(30)18(20)10-24(26)32-4-2-16(34)12-32/h5-8,15-16,23-26,33-34H,1-4,9-12H2/t15-,16-,23+,24+,25+,26+/m1/s1. The Kier molecular flexibility index (Phi) is 6.79. The highest BCUT2D eigenvalue weighted by Gasteiger charge is 2.47. The van der Waals surface area contributed by atoms with Crippen LogP contribution in [0.1, 0.15) is 47.3 Å². The Balaban J connectivity index is 1.40. The van der Waals surface area contributed by atoms with Gasteiger partial charge in [-0.1, -0.05) is 46.4 Å². The smallest absolute Gasteiger partial charge is 0.0996 e. The monoisotopic (exact) mass is 556 g/mol. The molecule has 188 valence electrons. The van der Waals surface area contributed by atoms with Crippen LogP contribution in [0.4, 0.5) is 0 Å². The normalized spacial score (nSPS) is 33.0. The van der Waals surface area contributed by atoms with Crippen molar-refractivity contribution in [3.8, 4) is 0 Å². The molecular formula is C26H28Cl4N2O3. The Morgan fingerprint density at radius 3 is 1.49 bits per heavy atom. The lowest BCUT2D eigenvalue weighted by atomic mass is 10.1. The molecule has 0 amide bonds. The lowest BCUT2D eigenvalue weighted by molar-refractivity contribution is -0.0807. The molecule has 2 saturated heterocycles. The summed E-state index contributed by atoms with van der Waals surface area (Å²) < 4.78 is 7.08. The highest BCUT2D eigenvalue weighted by atomic mass is 35.5. The fourth-order valence-electron chi connectivity index (χ4n) is 6.50. The van der Waals surface area contributed by atoms with Gasteiger partial charge in [0.25, 0.3) is 0 Å². The Morgan fingerprint density at radius 2 is 1.11 bits per heavy atom. The first-order valence-corrected chi connectivity index (χ1v) is 13.7. The molecule has 2 aromatic carbocycles. The van der Waals surface area contributed by atoms with Crippen LogP contribution in [0.2, 0.25) is 20.1 Å². The van der Waals surface area contributed by atoms with Gasteiger partial charge in [0.1, 0.15) is 0 Å². The first-order valence-electron chi connectivity index (χ1n) is 12.2. The van der Waals surface area contributed by atoms with Gasteiger partial charge < -0.3 is 14.9 Å². The topological polar surface area (TPSA) is 56.2 Å². The number of rotatable bonds is 4. The second kappa shape index (κ2) is 9.61. The number of aliphatic hydroxyl groups is 2. The largest absolute Gasteiger partial charge is 0.392 e. The summed E-state index contributed by atoms with van der Waals surface area (Å²) in [6.07, 6.45) is 1.78. The Morgan fingerprint density at radius 1 is 0.686 bits per heavy atom. The zero-order valence-electron chi connectivity index (χ0n) is 19.1. The number of nitrogens with zero attached hydrogens (tertiary/aromatic N) is 2. The number of β-amino-alcohol motifs (C(OH)–C–C–N with tert-alkyl or cyclic N) is 2. The molecule has 2 aromatic rings. The van der Waals surface area contributed by atoms with E-state index >= 15 is 0 Å². The summed E-state index contributed by atoms with van der Waals surface area (Å²) in [4.78, 5) is 4.63. The quantitative estimate of drug-likeness (QED) is 0.549. The zero-order chi connectivity index (χ0) is 24.4. The number of fused-ring (bicyclic) bond motifs is 2. The second-order valence-corrected chi connectivity index (χ2v) is 12.0. The third kappa shape index (κ3) is 4.52. The van der Waals surface area contributed by atoms with Crippen molar-refractivity contribution in [1.29, 1.82) is 0 Å². The molecule has 0 radical (unpaired) electrons. The number of hydrogen-bond donors (Lipinski definition) is 2. The van der Waals surface area contributed by atoms with Crippen LogP contribution in [0.5, 0.6) is 0 Å². The van der Waals surface area contributed by atoms with Crippen molar-refractivity contribution in [1.82, 2.24) is 9.80 Å². The molecule has 9 heteroatoms. The number of halogens is 4. The molecule has 0 saturated carbocycles. The molecule has 4 aliphatic rings. The van der Waals surface area contributed by atoms with Crippen molar-refractivity contribution in [2.75, 3.05) is 26.2 Å². The molecule has 0 spiro atoms. The predicted molar refractivity (Wildman–Crippen MR) is 139 cm³/mol. The molecular weight excluding hydrogens is 530 g/mol. The van der Waals surface area contributed by atoms with E-state index in [0.29, 0.717) is 33.2 Å². The summed E-state index contributed by atoms with van der Waals surface area (Å²) >= 11 is 26.2. The average Bonchev–Trinajstić information content (AvgIpc) is 3.56. The molecule has 2 fully saturated rings. The van der Waals surface area contributed by atoms with Gasteiger partial charge in [0.15, 0.2) is 0 Å². The average molecular weight is 558 g/mol. The van der Waals surface area contributed by atoms with Gasteiger partial charge in [-0.2, -0.15) is 0 Å². The first kappa shape index (κ1) is 24.7. The van der Waals surface area contributed by atoms with Gasteiger partial charge in [-0.3, -0.25) is 9.80 Å². The first-order chi connectivity index (χ1) is 16.8. The van der Waals surface area contributed by atoms with Crippen molar-refractivity contribution < 1.29 is 14.9 Å². The van der Waals surface area contributed by atoms with Crippen molar-refractivity contribution in [2.24, 2.45) is 0 Å². The molecule has 2 aliphatic carbocycles. The van der Waals surface area contributed by atoms with Crippen molar-refractivity contribution >= 4 is 46.4 Å². The summed E-state index contributed by atoms with van der Waals surface area (Å²) in [6, 6.07) is 7.60. The zero-order valence-corrected chi connectivity index (χ0v) is 22.2. The lowest BCUT2D eigenvalue weighted by Gasteiger charge is -2.35. The molecule has 0 unspecified atom stereocenters. The second-order valence-electron chi connectivity index (χ2n) is 10.3. The molecule has 5 nitrogen and oxygen atoms in total. The van der Waals surface area contributed by atoms with E-state index in [2.05, 4.69) is 9.80 Å². The summed E-state index contributed by atoms with van der Waals surface area (Å²) in [7, 11) is 0. The summed E-state index contributed by atoms with van der Waals surface area (Å²) in [5.74, 6) is 0. The van der Waals surface area contributed by atoms with E-state index in [1.165, 1.54) is 0 Å². The molecule has 6 rings (SSSR count). The van der Waals surface area contributed by atoms with Crippen LogP contribution < -0.4 is 0 Å². The summed E-state index contributed by atoms with van der Waals surface area (Å²) in [5, 5.41) is 23.0. The fourth-order valence-corrected chi connectivity index (χ4v) is 7.67. The minimum atomic E-state index is -0.331. The highest BCUT2D eigenvalue weighted by Crippen LogP contribution is 2.49. The minimum Gasteiger partial charge on any atom is -0.392 e. The fraction of sp³-hybridized carbons (Fsp3) is 0.538. The molecule has 2 aliphatic heterocycles. The van der Waals surface area contributed by atoms with Gasteiger partial charge in [-0.15, -0.1) is 0 Å². The van der Waals surface area contributed by atoms with Crippen LogP contribution in [-0.4, -0.2) is 70.5 Å². The minimum absolute atomic E-state index is 0.0432. The maximum absolute atomic E-state index is 10.3. The molecule has 35 heavy (non-hydrogen) atoms. The third-order valence-corrected chi connectivity index (χ3v) is 9.26. The van der Waals surface area contributed by atoms with Gasteiger partial charge >= 0.3 is 0 Å². The van der Waals surface area contributed by atoms with Gasteiger partial charge in [0.05, 0.1) is 24.4 Å². The number of benzene rings is 2. The maximum atomic E-state index is 10.3. The van der Waals surface area contributed by atoms with E-state index in [0.717, 1.165) is 61.0 Å². The Hall–Kier alpha value is -0.600.